The summed E-state index contributed by atoms with van der Waals surface area (Å²) in [5.74, 6) is -2.30. The highest BCUT2D eigenvalue weighted by Gasteiger charge is 2.13. The molecule has 13 heavy (non-hydrogen) atoms. The van der Waals surface area contributed by atoms with Crippen LogP contribution >= 0.6 is 0 Å². The van der Waals surface area contributed by atoms with E-state index in [4.69, 9.17) is 0 Å². The minimum absolute atomic E-state index is 0.0486. The molecular formula is C9H9F2NO. The van der Waals surface area contributed by atoms with Crippen molar-refractivity contribution in [2.24, 2.45) is 0 Å². The number of anilines is 1. The lowest BCUT2D eigenvalue weighted by atomic mass is 10.2. The topological polar surface area (TPSA) is 20.3 Å². The molecule has 1 rings (SSSR count). The van der Waals surface area contributed by atoms with Crippen LogP contribution in [0.5, 0.6) is 0 Å². The molecule has 0 aliphatic heterocycles. The molecular weight excluding hydrogens is 176 g/mol. The lowest BCUT2D eigenvalue weighted by molar-refractivity contribution is -0.116. The third-order valence-electron chi connectivity index (χ3n) is 1.76. The zero-order valence-electron chi connectivity index (χ0n) is 7.34. The Balaban J connectivity index is 3.15. The van der Waals surface area contributed by atoms with Crippen LogP contribution in [0.4, 0.5) is 14.5 Å². The zero-order valence-corrected chi connectivity index (χ0v) is 7.34. The fraction of sp³-hybridized carbons (Fsp3) is 0.222. The molecule has 1 amide bonds. The summed E-state index contributed by atoms with van der Waals surface area (Å²) >= 11 is 0. The summed E-state index contributed by atoms with van der Waals surface area (Å²) in [4.78, 5) is 11.9. The second kappa shape index (κ2) is 3.51. The van der Waals surface area contributed by atoms with Crippen molar-refractivity contribution < 1.29 is 13.6 Å². The molecule has 0 radical (unpaired) electrons. The number of amides is 1. The largest absolute Gasteiger partial charge is 0.313 e. The van der Waals surface area contributed by atoms with Gasteiger partial charge in [0.1, 0.15) is 0 Å². The van der Waals surface area contributed by atoms with Crippen molar-refractivity contribution in [1.29, 1.82) is 0 Å². The highest BCUT2D eigenvalue weighted by Crippen LogP contribution is 2.19. The molecule has 0 N–H and O–H groups in total. The average Bonchev–Trinajstić information content (AvgIpc) is 2.08. The highest BCUT2D eigenvalue weighted by atomic mass is 19.2. The normalized spacial score (nSPS) is 9.85. The Bertz CT molecular complexity index is 338. The van der Waals surface area contributed by atoms with Gasteiger partial charge in [-0.1, -0.05) is 6.07 Å². The van der Waals surface area contributed by atoms with E-state index in [0.717, 1.165) is 11.0 Å². The molecule has 1 aromatic rings. The summed E-state index contributed by atoms with van der Waals surface area (Å²) in [6.45, 7) is 1.28. The van der Waals surface area contributed by atoms with Gasteiger partial charge < -0.3 is 4.90 Å². The van der Waals surface area contributed by atoms with Crippen LogP contribution in [-0.2, 0) is 4.79 Å². The Hall–Kier alpha value is -1.45. The Morgan fingerprint density at radius 3 is 2.54 bits per heavy atom. The van der Waals surface area contributed by atoms with E-state index in [1.54, 1.807) is 0 Å². The van der Waals surface area contributed by atoms with Crippen molar-refractivity contribution in [1.82, 2.24) is 0 Å². The smallest absolute Gasteiger partial charge is 0.223 e. The van der Waals surface area contributed by atoms with Crippen LogP contribution in [-0.4, -0.2) is 13.0 Å². The molecule has 0 saturated carbocycles. The monoisotopic (exact) mass is 185 g/mol. The quantitative estimate of drug-likeness (QED) is 0.654. The molecule has 0 aromatic heterocycles. The van der Waals surface area contributed by atoms with Gasteiger partial charge in [0.2, 0.25) is 5.91 Å². The molecule has 1 aromatic carbocycles. The number of hydrogen-bond donors (Lipinski definition) is 0. The van der Waals surface area contributed by atoms with Crippen molar-refractivity contribution in [2.75, 3.05) is 11.9 Å². The second-order valence-electron chi connectivity index (χ2n) is 2.65. The molecule has 0 aliphatic rings. The molecule has 0 atom stereocenters. The third-order valence-corrected chi connectivity index (χ3v) is 1.76. The van der Waals surface area contributed by atoms with Crippen molar-refractivity contribution in [3.63, 3.8) is 0 Å². The summed E-state index contributed by atoms with van der Waals surface area (Å²) in [6.07, 6.45) is 0. The molecule has 0 saturated heterocycles. The summed E-state index contributed by atoms with van der Waals surface area (Å²) in [5.41, 5.74) is -0.0486. The number of hydrogen-bond acceptors (Lipinski definition) is 1. The van der Waals surface area contributed by atoms with Crippen LogP contribution in [0.25, 0.3) is 0 Å². The van der Waals surface area contributed by atoms with E-state index >= 15 is 0 Å². The van der Waals surface area contributed by atoms with E-state index in [-0.39, 0.29) is 11.6 Å². The lowest BCUT2D eigenvalue weighted by Gasteiger charge is -2.15. The maximum Gasteiger partial charge on any atom is 0.223 e. The number of carbonyl (C=O) groups excluding carboxylic acids is 1. The fourth-order valence-corrected chi connectivity index (χ4v) is 0.921. The average molecular weight is 185 g/mol. The SMILES string of the molecule is CC(=O)N(C)c1cccc(F)c1F. The van der Waals surface area contributed by atoms with Gasteiger partial charge in [0, 0.05) is 14.0 Å². The van der Waals surface area contributed by atoms with E-state index in [1.165, 1.54) is 26.1 Å². The van der Waals surface area contributed by atoms with E-state index in [1.807, 2.05) is 0 Å². The molecule has 0 unspecified atom stereocenters. The van der Waals surface area contributed by atoms with Gasteiger partial charge in [0.15, 0.2) is 11.6 Å². The number of nitrogens with zero attached hydrogens (tertiary/aromatic N) is 1. The van der Waals surface area contributed by atoms with Gasteiger partial charge in [0.25, 0.3) is 0 Å². The van der Waals surface area contributed by atoms with E-state index in [9.17, 15) is 13.6 Å². The van der Waals surface area contributed by atoms with Crippen LogP contribution in [0.3, 0.4) is 0 Å². The van der Waals surface area contributed by atoms with Gasteiger partial charge in [-0.05, 0) is 12.1 Å². The van der Waals surface area contributed by atoms with Crippen molar-refractivity contribution in [3.05, 3.63) is 29.8 Å². The van der Waals surface area contributed by atoms with Gasteiger partial charge >= 0.3 is 0 Å². The van der Waals surface area contributed by atoms with E-state index in [0.29, 0.717) is 0 Å². The highest BCUT2D eigenvalue weighted by molar-refractivity contribution is 5.90. The van der Waals surface area contributed by atoms with Gasteiger partial charge in [-0.25, -0.2) is 8.78 Å². The second-order valence-corrected chi connectivity index (χ2v) is 2.65. The van der Waals surface area contributed by atoms with Crippen LogP contribution in [0.1, 0.15) is 6.92 Å². The maximum atomic E-state index is 13.0. The lowest BCUT2D eigenvalue weighted by Crippen LogP contribution is -2.24. The first-order valence-electron chi connectivity index (χ1n) is 3.72. The first-order chi connectivity index (χ1) is 6.04. The summed E-state index contributed by atoms with van der Waals surface area (Å²) in [7, 11) is 1.39. The molecule has 0 spiro atoms. The van der Waals surface area contributed by atoms with E-state index < -0.39 is 11.6 Å². The van der Waals surface area contributed by atoms with E-state index in [2.05, 4.69) is 0 Å². The van der Waals surface area contributed by atoms with Crippen LogP contribution in [0, 0.1) is 11.6 Å². The fourth-order valence-electron chi connectivity index (χ4n) is 0.921. The first kappa shape index (κ1) is 9.64. The number of benzene rings is 1. The number of halogens is 2. The zero-order chi connectivity index (χ0) is 10.0. The summed E-state index contributed by atoms with van der Waals surface area (Å²) in [6, 6.07) is 3.71. The van der Waals surface area contributed by atoms with Gasteiger partial charge in [-0.3, -0.25) is 4.79 Å². The Morgan fingerprint density at radius 1 is 1.38 bits per heavy atom. The number of carbonyl (C=O) groups is 1. The number of rotatable bonds is 1. The predicted molar refractivity (Wildman–Crippen MR) is 45.4 cm³/mol. The molecule has 0 heterocycles. The summed E-state index contributed by atoms with van der Waals surface area (Å²) in [5, 5.41) is 0. The summed E-state index contributed by atoms with van der Waals surface area (Å²) < 4.78 is 25.7. The molecule has 70 valence electrons. The molecule has 0 fully saturated rings. The minimum atomic E-state index is -1.000. The van der Waals surface area contributed by atoms with Gasteiger partial charge in [-0.15, -0.1) is 0 Å². The van der Waals surface area contributed by atoms with Gasteiger partial charge in [0.05, 0.1) is 5.69 Å². The van der Waals surface area contributed by atoms with Crippen molar-refractivity contribution in [3.8, 4) is 0 Å². The minimum Gasteiger partial charge on any atom is -0.313 e. The third kappa shape index (κ3) is 1.83. The first-order valence-corrected chi connectivity index (χ1v) is 3.72. The van der Waals surface area contributed by atoms with Crippen LogP contribution in [0.15, 0.2) is 18.2 Å². The van der Waals surface area contributed by atoms with Gasteiger partial charge in [-0.2, -0.15) is 0 Å². The molecule has 0 bridgehead atoms. The predicted octanol–water partition coefficient (Wildman–Crippen LogP) is 1.95. The van der Waals surface area contributed by atoms with Crippen molar-refractivity contribution in [2.45, 2.75) is 6.92 Å². The maximum absolute atomic E-state index is 13.0. The standard InChI is InChI=1S/C9H9F2NO/c1-6(13)12(2)8-5-3-4-7(10)9(8)11/h3-5H,1-2H3. The Morgan fingerprint density at radius 2 is 2.00 bits per heavy atom. The Labute approximate surface area is 74.8 Å². The Kier molecular flexibility index (Phi) is 2.60. The molecule has 2 nitrogen and oxygen atoms in total. The van der Waals surface area contributed by atoms with Crippen LogP contribution in [0.2, 0.25) is 0 Å². The van der Waals surface area contributed by atoms with Crippen LogP contribution < -0.4 is 4.90 Å². The molecule has 0 aliphatic carbocycles. The molecule has 4 heteroatoms. The van der Waals surface area contributed by atoms with Crippen molar-refractivity contribution >= 4 is 11.6 Å².